The van der Waals surface area contributed by atoms with Crippen molar-refractivity contribution < 1.29 is 0 Å². The molecule has 0 saturated heterocycles. The molecule has 2 aromatic rings. The number of hydrogen-bond acceptors (Lipinski definition) is 1. The zero-order chi connectivity index (χ0) is 11.3. The van der Waals surface area contributed by atoms with Crippen LogP contribution < -0.4 is 0 Å². The van der Waals surface area contributed by atoms with E-state index in [-0.39, 0.29) is 0 Å². The summed E-state index contributed by atoms with van der Waals surface area (Å²) in [7, 11) is 0. The lowest BCUT2D eigenvalue weighted by atomic mass is 10.1. The number of imidazole rings is 1. The molecule has 84 valence electrons. The van der Waals surface area contributed by atoms with Gasteiger partial charge in [0.1, 0.15) is 5.65 Å². The minimum absolute atomic E-state index is 0.674. The first-order valence-electron chi connectivity index (χ1n) is 5.88. The van der Waals surface area contributed by atoms with Crippen LogP contribution in [0.5, 0.6) is 0 Å². The largest absolute Gasteiger partial charge is 0.300 e. The summed E-state index contributed by atoms with van der Waals surface area (Å²) in [5.74, 6) is 0.674. The summed E-state index contributed by atoms with van der Waals surface area (Å²) < 4.78 is 3.48. The molecular formula is C13H15BrN2. The number of aromatic nitrogens is 2. The van der Waals surface area contributed by atoms with Crippen LogP contribution in [0, 0.1) is 6.92 Å². The monoisotopic (exact) mass is 278 g/mol. The highest BCUT2D eigenvalue weighted by atomic mass is 79.9. The predicted octanol–water partition coefficient (Wildman–Crippen LogP) is 3.85. The molecule has 0 bridgehead atoms. The molecule has 1 aliphatic rings. The van der Waals surface area contributed by atoms with Gasteiger partial charge in [0.15, 0.2) is 0 Å². The molecule has 1 aliphatic carbocycles. The van der Waals surface area contributed by atoms with E-state index in [1.165, 1.54) is 40.8 Å². The van der Waals surface area contributed by atoms with Crippen LogP contribution in [0.25, 0.3) is 5.65 Å². The van der Waals surface area contributed by atoms with E-state index in [1.807, 2.05) is 0 Å². The van der Waals surface area contributed by atoms with Crippen LogP contribution in [-0.4, -0.2) is 9.38 Å². The second kappa shape index (κ2) is 3.59. The number of halogens is 1. The maximum absolute atomic E-state index is 4.79. The lowest BCUT2D eigenvalue weighted by molar-refractivity contribution is 0.641. The van der Waals surface area contributed by atoms with Crippen molar-refractivity contribution in [3.63, 3.8) is 0 Å². The summed E-state index contributed by atoms with van der Waals surface area (Å²) in [6.07, 6.45) is 3.65. The highest BCUT2D eigenvalue weighted by Crippen LogP contribution is 2.36. The summed E-state index contributed by atoms with van der Waals surface area (Å²) in [6, 6.07) is 4.19. The number of hydrogen-bond donors (Lipinski definition) is 0. The molecule has 1 atom stereocenters. The molecule has 0 fully saturated rings. The van der Waals surface area contributed by atoms with Crippen LogP contribution in [0.15, 0.2) is 16.6 Å². The summed E-state index contributed by atoms with van der Waals surface area (Å²) in [5.41, 5.74) is 5.14. The normalized spacial score (nSPS) is 19.3. The van der Waals surface area contributed by atoms with E-state index < -0.39 is 0 Å². The average molecular weight is 279 g/mol. The van der Waals surface area contributed by atoms with Gasteiger partial charge in [-0.1, -0.05) is 6.92 Å². The molecular weight excluding hydrogens is 264 g/mol. The Labute approximate surface area is 104 Å². The maximum Gasteiger partial charge on any atom is 0.137 e. The van der Waals surface area contributed by atoms with Crippen LogP contribution in [-0.2, 0) is 6.42 Å². The van der Waals surface area contributed by atoms with E-state index in [4.69, 9.17) is 4.98 Å². The van der Waals surface area contributed by atoms with E-state index >= 15 is 0 Å². The van der Waals surface area contributed by atoms with Crippen LogP contribution in [0.4, 0.5) is 0 Å². The van der Waals surface area contributed by atoms with Crippen LogP contribution >= 0.6 is 15.9 Å². The Hall–Kier alpha value is -0.830. The fourth-order valence-corrected chi connectivity index (χ4v) is 3.07. The molecule has 2 heterocycles. The summed E-state index contributed by atoms with van der Waals surface area (Å²) in [6.45, 7) is 4.41. The third kappa shape index (κ3) is 1.27. The van der Waals surface area contributed by atoms with Crippen molar-refractivity contribution >= 4 is 21.6 Å². The molecule has 0 amide bonds. The first kappa shape index (κ1) is 10.3. The van der Waals surface area contributed by atoms with Crippen molar-refractivity contribution in [1.29, 1.82) is 0 Å². The summed E-state index contributed by atoms with van der Waals surface area (Å²) in [5, 5.41) is 0. The molecule has 0 spiro atoms. The van der Waals surface area contributed by atoms with Crippen molar-refractivity contribution in [2.75, 3.05) is 0 Å². The van der Waals surface area contributed by atoms with Crippen molar-refractivity contribution in [2.24, 2.45) is 0 Å². The Morgan fingerprint density at radius 1 is 1.50 bits per heavy atom. The molecule has 0 aromatic carbocycles. The molecule has 16 heavy (non-hydrogen) atoms. The van der Waals surface area contributed by atoms with Gasteiger partial charge in [-0.2, -0.15) is 0 Å². The molecule has 0 radical (unpaired) electrons. The van der Waals surface area contributed by atoms with Gasteiger partial charge in [0.25, 0.3) is 0 Å². The third-order valence-corrected chi connectivity index (χ3v) is 4.54. The number of nitrogens with zero attached hydrogens (tertiary/aromatic N) is 2. The average Bonchev–Trinajstić information content (AvgIpc) is 2.81. The van der Waals surface area contributed by atoms with Crippen molar-refractivity contribution in [3.8, 4) is 0 Å². The standard InChI is InChI=1S/C13H15BrN2/c1-3-9-4-6-11-13(9)15-12-7-5-10(14)8(2)16(11)12/h5,7,9H,3-4,6H2,1-2H3. The zero-order valence-electron chi connectivity index (χ0n) is 9.63. The number of fused-ring (bicyclic) bond motifs is 3. The fourth-order valence-electron chi connectivity index (χ4n) is 2.76. The highest BCUT2D eigenvalue weighted by Gasteiger charge is 2.27. The lowest BCUT2D eigenvalue weighted by Gasteiger charge is -2.05. The third-order valence-electron chi connectivity index (χ3n) is 3.70. The second-order valence-corrected chi connectivity index (χ2v) is 5.40. The molecule has 2 nitrogen and oxygen atoms in total. The maximum atomic E-state index is 4.79. The van der Waals surface area contributed by atoms with Gasteiger partial charge in [-0.3, -0.25) is 4.40 Å². The fraction of sp³-hybridized carbons (Fsp3) is 0.462. The Morgan fingerprint density at radius 2 is 2.31 bits per heavy atom. The van der Waals surface area contributed by atoms with Crippen LogP contribution in [0.2, 0.25) is 0 Å². The molecule has 3 rings (SSSR count). The highest BCUT2D eigenvalue weighted by molar-refractivity contribution is 9.10. The molecule has 0 saturated carbocycles. The number of aryl methyl sites for hydroxylation is 2. The molecule has 0 N–H and O–H groups in total. The van der Waals surface area contributed by atoms with E-state index in [0.29, 0.717) is 5.92 Å². The Balaban J connectivity index is 2.32. The molecule has 3 heteroatoms. The molecule has 1 unspecified atom stereocenters. The van der Waals surface area contributed by atoms with Crippen LogP contribution in [0.3, 0.4) is 0 Å². The van der Waals surface area contributed by atoms with Crippen molar-refractivity contribution in [3.05, 3.63) is 33.7 Å². The molecule has 0 aliphatic heterocycles. The number of pyridine rings is 1. The SMILES string of the molecule is CCC1CCc2c1nc1ccc(Br)c(C)n21. The predicted molar refractivity (Wildman–Crippen MR) is 69.0 cm³/mol. The van der Waals surface area contributed by atoms with Gasteiger partial charge >= 0.3 is 0 Å². The van der Waals surface area contributed by atoms with Gasteiger partial charge in [0.05, 0.1) is 5.69 Å². The topological polar surface area (TPSA) is 17.3 Å². The van der Waals surface area contributed by atoms with Gasteiger partial charge in [-0.15, -0.1) is 0 Å². The minimum Gasteiger partial charge on any atom is -0.300 e. The summed E-state index contributed by atoms with van der Waals surface area (Å²) >= 11 is 3.59. The summed E-state index contributed by atoms with van der Waals surface area (Å²) in [4.78, 5) is 4.79. The second-order valence-electron chi connectivity index (χ2n) is 4.55. The number of rotatable bonds is 1. The minimum atomic E-state index is 0.674. The Bertz CT molecular complexity index is 557. The van der Waals surface area contributed by atoms with Crippen LogP contribution in [0.1, 0.15) is 42.8 Å². The quantitative estimate of drug-likeness (QED) is 0.775. The zero-order valence-corrected chi connectivity index (χ0v) is 11.2. The van der Waals surface area contributed by atoms with Gasteiger partial charge < -0.3 is 0 Å². The first-order valence-corrected chi connectivity index (χ1v) is 6.68. The van der Waals surface area contributed by atoms with Gasteiger partial charge in [0.2, 0.25) is 0 Å². The smallest absolute Gasteiger partial charge is 0.137 e. The van der Waals surface area contributed by atoms with Gasteiger partial charge in [-0.05, 0) is 54.2 Å². The van der Waals surface area contributed by atoms with E-state index in [1.54, 1.807) is 0 Å². The van der Waals surface area contributed by atoms with E-state index in [0.717, 1.165) is 5.65 Å². The van der Waals surface area contributed by atoms with Gasteiger partial charge in [-0.25, -0.2) is 4.98 Å². The van der Waals surface area contributed by atoms with Gasteiger partial charge in [0, 0.05) is 21.8 Å². The van der Waals surface area contributed by atoms with E-state index in [2.05, 4.69) is 46.3 Å². The Morgan fingerprint density at radius 3 is 3.06 bits per heavy atom. The van der Waals surface area contributed by atoms with Crippen molar-refractivity contribution in [1.82, 2.24) is 9.38 Å². The van der Waals surface area contributed by atoms with Crippen molar-refractivity contribution in [2.45, 2.75) is 39.0 Å². The lowest BCUT2D eigenvalue weighted by Crippen LogP contribution is -1.96. The first-order chi connectivity index (χ1) is 7.72. The van der Waals surface area contributed by atoms with E-state index in [9.17, 15) is 0 Å². The molecule has 2 aromatic heterocycles. The Kier molecular flexibility index (Phi) is 2.32.